The average molecular weight is 442 g/mol. The van der Waals surface area contributed by atoms with E-state index in [1.165, 1.54) is 19.2 Å². The molecule has 0 aliphatic heterocycles. The molecular formula is C24H21ClFNO4. The lowest BCUT2D eigenvalue weighted by atomic mass is 10.1. The highest BCUT2D eigenvalue weighted by molar-refractivity contribution is 6.31. The van der Waals surface area contributed by atoms with Crippen LogP contribution in [0.25, 0.3) is 0 Å². The number of benzene rings is 3. The molecule has 1 amide bonds. The fourth-order valence-corrected chi connectivity index (χ4v) is 3.13. The van der Waals surface area contributed by atoms with Crippen molar-refractivity contribution in [2.45, 2.75) is 19.6 Å². The van der Waals surface area contributed by atoms with Gasteiger partial charge in [0.1, 0.15) is 18.2 Å². The molecule has 3 aromatic rings. The fourth-order valence-electron chi connectivity index (χ4n) is 2.96. The van der Waals surface area contributed by atoms with Crippen molar-refractivity contribution in [1.29, 1.82) is 0 Å². The molecule has 0 aliphatic carbocycles. The number of methoxy groups -OCH3 is 1. The van der Waals surface area contributed by atoms with Gasteiger partial charge in [-0.05, 0) is 48.9 Å². The molecule has 0 radical (unpaired) electrons. The minimum absolute atomic E-state index is 0.0286. The average Bonchev–Trinajstić information content (AvgIpc) is 2.78. The summed E-state index contributed by atoms with van der Waals surface area (Å²) in [5, 5.41) is 3.26. The first-order valence-electron chi connectivity index (χ1n) is 9.54. The minimum atomic E-state index is -0.432. The minimum Gasteiger partial charge on any atom is -0.488 e. The van der Waals surface area contributed by atoms with Crippen molar-refractivity contribution in [2.75, 3.05) is 7.11 Å². The van der Waals surface area contributed by atoms with Gasteiger partial charge in [-0.1, -0.05) is 41.9 Å². The molecule has 5 nitrogen and oxygen atoms in total. The zero-order valence-electron chi connectivity index (χ0n) is 17.0. The van der Waals surface area contributed by atoms with Gasteiger partial charge in [-0.15, -0.1) is 0 Å². The number of ether oxygens (including phenoxy) is 2. The molecule has 1 N–H and O–H groups in total. The lowest BCUT2D eigenvalue weighted by Crippen LogP contribution is -2.27. The van der Waals surface area contributed by atoms with Crippen LogP contribution in [-0.4, -0.2) is 19.0 Å². The number of carbonyl (C=O) groups excluding carboxylic acids is 2. The van der Waals surface area contributed by atoms with Crippen LogP contribution in [0.4, 0.5) is 4.39 Å². The highest BCUT2D eigenvalue weighted by Crippen LogP contribution is 2.25. The number of esters is 1. The van der Waals surface area contributed by atoms with Gasteiger partial charge in [0.25, 0.3) is 5.91 Å². The second kappa shape index (κ2) is 10.1. The maximum Gasteiger partial charge on any atom is 0.337 e. The van der Waals surface area contributed by atoms with E-state index in [0.29, 0.717) is 21.9 Å². The van der Waals surface area contributed by atoms with E-state index < -0.39 is 11.9 Å². The molecule has 0 fully saturated rings. The second-order valence-electron chi connectivity index (χ2n) is 6.83. The zero-order chi connectivity index (χ0) is 22.4. The molecule has 0 spiro atoms. The highest BCUT2D eigenvalue weighted by Gasteiger charge is 2.17. The summed E-state index contributed by atoms with van der Waals surface area (Å²) in [6.45, 7) is 1.79. The molecule has 0 aromatic heterocycles. The summed E-state index contributed by atoms with van der Waals surface area (Å²) in [4.78, 5) is 24.5. The lowest BCUT2D eigenvalue weighted by Gasteiger charge is -2.17. The van der Waals surface area contributed by atoms with Gasteiger partial charge in [-0.25, -0.2) is 9.18 Å². The number of rotatable bonds is 7. The third-order valence-electron chi connectivity index (χ3n) is 4.71. The van der Waals surface area contributed by atoms with Gasteiger partial charge in [-0.2, -0.15) is 0 Å². The number of hydrogen-bond donors (Lipinski definition) is 1. The second-order valence-corrected chi connectivity index (χ2v) is 7.27. The number of halogens is 2. The van der Waals surface area contributed by atoms with Crippen molar-refractivity contribution >= 4 is 23.5 Å². The highest BCUT2D eigenvalue weighted by atomic mass is 35.5. The molecule has 0 aliphatic rings. The first-order chi connectivity index (χ1) is 14.9. The van der Waals surface area contributed by atoms with E-state index in [2.05, 4.69) is 10.1 Å². The van der Waals surface area contributed by atoms with Crippen LogP contribution < -0.4 is 10.1 Å². The van der Waals surface area contributed by atoms with E-state index in [1.807, 2.05) is 6.92 Å². The summed E-state index contributed by atoms with van der Waals surface area (Å²) in [6.07, 6.45) is 0. The van der Waals surface area contributed by atoms with Crippen molar-refractivity contribution in [3.05, 3.63) is 99.8 Å². The van der Waals surface area contributed by atoms with Crippen LogP contribution in [-0.2, 0) is 11.3 Å². The monoisotopic (exact) mass is 441 g/mol. The number of carbonyl (C=O) groups is 2. The maximum absolute atomic E-state index is 13.9. The Bertz CT molecular complexity index is 1090. The van der Waals surface area contributed by atoms with Crippen LogP contribution in [0.1, 0.15) is 44.8 Å². The van der Waals surface area contributed by atoms with Crippen molar-refractivity contribution in [1.82, 2.24) is 5.32 Å². The molecule has 7 heteroatoms. The van der Waals surface area contributed by atoms with E-state index in [0.717, 1.165) is 5.56 Å². The first kappa shape index (κ1) is 22.3. The van der Waals surface area contributed by atoms with Gasteiger partial charge in [0.05, 0.1) is 24.3 Å². The molecule has 160 valence electrons. The van der Waals surface area contributed by atoms with Crippen LogP contribution in [0.15, 0.2) is 66.7 Å². The smallest absolute Gasteiger partial charge is 0.337 e. The van der Waals surface area contributed by atoms with E-state index >= 15 is 0 Å². The fraction of sp³-hybridized carbons (Fsp3) is 0.167. The van der Waals surface area contributed by atoms with Crippen molar-refractivity contribution in [2.24, 2.45) is 0 Å². The number of hydrogen-bond acceptors (Lipinski definition) is 4. The van der Waals surface area contributed by atoms with Crippen LogP contribution >= 0.6 is 11.6 Å². The Hall–Kier alpha value is -3.38. The van der Waals surface area contributed by atoms with Gasteiger partial charge in [0.2, 0.25) is 0 Å². The Kier molecular flexibility index (Phi) is 7.26. The van der Waals surface area contributed by atoms with Gasteiger partial charge in [0, 0.05) is 10.6 Å². The molecule has 3 rings (SSSR count). The summed E-state index contributed by atoms with van der Waals surface area (Å²) >= 11 is 6.08. The summed E-state index contributed by atoms with van der Waals surface area (Å²) < 4.78 is 24.3. The third kappa shape index (κ3) is 5.61. The van der Waals surface area contributed by atoms with E-state index in [4.69, 9.17) is 16.3 Å². The third-order valence-corrected chi connectivity index (χ3v) is 4.94. The van der Waals surface area contributed by atoms with Crippen LogP contribution in [0.5, 0.6) is 5.75 Å². The molecule has 0 unspecified atom stereocenters. The Morgan fingerprint density at radius 2 is 1.77 bits per heavy atom. The normalized spacial score (nSPS) is 11.5. The Balaban J connectivity index is 1.74. The summed E-state index contributed by atoms with van der Waals surface area (Å²) in [7, 11) is 1.32. The molecule has 0 saturated carbocycles. The summed E-state index contributed by atoms with van der Waals surface area (Å²) in [6, 6.07) is 17.3. The molecule has 0 heterocycles. The Morgan fingerprint density at radius 1 is 1.06 bits per heavy atom. The summed E-state index contributed by atoms with van der Waals surface area (Å²) in [5.41, 5.74) is 1.84. The van der Waals surface area contributed by atoms with Crippen LogP contribution in [0.2, 0.25) is 5.02 Å². The van der Waals surface area contributed by atoms with Crippen molar-refractivity contribution in [3.8, 4) is 5.75 Å². The van der Waals surface area contributed by atoms with Gasteiger partial charge < -0.3 is 14.8 Å². The standard InChI is InChI=1S/C24H21ClFNO4/c1-15(16-7-9-17(10-8-16)24(29)30-2)27-23(28)20-13-19(25)11-12-22(20)31-14-18-5-3-4-6-21(18)26/h3-13,15H,14H2,1-2H3,(H,27,28)/t15-/m0/s1. The molecule has 31 heavy (non-hydrogen) atoms. The van der Waals surface area contributed by atoms with Gasteiger partial charge in [0.15, 0.2) is 0 Å². The Labute approximate surface area is 184 Å². The molecule has 0 saturated heterocycles. The first-order valence-corrected chi connectivity index (χ1v) is 9.91. The predicted molar refractivity (Wildman–Crippen MR) is 116 cm³/mol. The predicted octanol–water partition coefficient (Wildman–Crippen LogP) is 5.34. The van der Waals surface area contributed by atoms with E-state index in [-0.39, 0.29) is 24.0 Å². The van der Waals surface area contributed by atoms with E-state index in [9.17, 15) is 14.0 Å². The number of amides is 1. The van der Waals surface area contributed by atoms with E-state index in [1.54, 1.807) is 54.6 Å². The maximum atomic E-state index is 13.9. The van der Waals surface area contributed by atoms with Crippen molar-refractivity contribution in [3.63, 3.8) is 0 Å². The zero-order valence-corrected chi connectivity index (χ0v) is 17.8. The largest absolute Gasteiger partial charge is 0.488 e. The van der Waals surface area contributed by atoms with Crippen LogP contribution in [0.3, 0.4) is 0 Å². The molecular weight excluding hydrogens is 421 g/mol. The Morgan fingerprint density at radius 3 is 2.45 bits per heavy atom. The topological polar surface area (TPSA) is 64.6 Å². The molecule has 0 bridgehead atoms. The molecule has 1 atom stereocenters. The van der Waals surface area contributed by atoms with Crippen LogP contribution in [0, 0.1) is 5.82 Å². The SMILES string of the molecule is COC(=O)c1ccc([C@H](C)NC(=O)c2cc(Cl)ccc2OCc2ccccc2F)cc1. The quantitative estimate of drug-likeness (QED) is 0.503. The number of nitrogens with one attached hydrogen (secondary N) is 1. The van der Waals surface area contributed by atoms with Crippen molar-refractivity contribution < 1.29 is 23.5 Å². The molecule has 3 aromatic carbocycles. The lowest BCUT2D eigenvalue weighted by molar-refractivity contribution is 0.0600. The van der Waals surface area contributed by atoms with Gasteiger partial charge in [-0.3, -0.25) is 4.79 Å². The van der Waals surface area contributed by atoms with Gasteiger partial charge >= 0.3 is 5.97 Å². The summed E-state index contributed by atoms with van der Waals surface area (Å²) in [5.74, 6) is -0.917.